The quantitative estimate of drug-likeness (QED) is 0.858. The standard InChI is InChI=1S/C13H18N4/c1-3-6-15-13-16-8-9-17(13)11(2)12-5-4-7-14-10-12/h4-5,7-11H,3,6H2,1-2H3,(H,15,16). The fraction of sp³-hybridized carbons (Fsp3) is 0.385. The molecule has 2 heterocycles. The minimum Gasteiger partial charge on any atom is -0.356 e. The molecule has 2 aromatic heterocycles. The first-order chi connectivity index (χ1) is 8.33. The molecule has 90 valence electrons. The van der Waals surface area contributed by atoms with Crippen molar-refractivity contribution in [2.45, 2.75) is 26.3 Å². The first kappa shape index (κ1) is 11.6. The van der Waals surface area contributed by atoms with Crippen LogP contribution in [0.25, 0.3) is 0 Å². The number of hydrogen-bond donors (Lipinski definition) is 1. The van der Waals surface area contributed by atoms with Crippen LogP contribution in [0.3, 0.4) is 0 Å². The average molecular weight is 230 g/mol. The van der Waals surface area contributed by atoms with E-state index >= 15 is 0 Å². The van der Waals surface area contributed by atoms with Crippen LogP contribution < -0.4 is 5.32 Å². The molecule has 1 N–H and O–H groups in total. The van der Waals surface area contributed by atoms with Crippen molar-refractivity contribution in [3.05, 3.63) is 42.5 Å². The van der Waals surface area contributed by atoms with Gasteiger partial charge in [-0.1, -0.05) is 13.0 Å². The molecule has 4 nitrogen and oxygen atoms in total. The van der Waals surface area contributed by atoms with Gasteiger partial charge in [-0.3, -0.25) is 4.98 Å². The fourth-order valence-corrected chi connectivity index (χ4v) is 1.78. The van der Waals surface area contributed by atoms with E-state index in [1.54, 1.807) is 6.20 Å². The topological polar surface area (TPSA) is 42.7 Å². The molecule has 1 atom stereocenters. The molecule has 1 unspecified atom stereocenters. The van der Waals surface area contributed by atoms with Crippen LogP contribution in [0.1, 0.15) is 31.9 Å². The second kappa shape index (κ2) is 5.48. The second-order valence-electron chi connectivity index (χ2n) is 4.05. The van der Waals surface area contributed by atoms with Gasteiger partial charge in [-0.05, 0) is 25.0 Å². The van der Waals surface area contributed by atoms with Crippen molar-refractivity contribution in [1.29, 1.82) is 0 Å². The lowest BCUT2D eigenvalue weighted by atomic mass is 10.1. The third-order valence-electron chi connectivity index (χ3n) is 2.79. The molecule has 2 rings (SSSR count). The molecule has 17 heavy (non-hydrogen) atoms. The van der Waals surface area contributed by atoms with Crippen molar-refractivity contribution in [1.82, 2.24) is 14.5 Å². The third kappa shape index (κ3) is 2.64. The van der Waals surface area contributed by atoms with Gasteiger partial charge >= 0.3 is 0 Å². The number of rotatable bonds is 5. The summed E-state index contributed by atoms with van der Waals surface area (Å²) in [6, 6.07) is 4.29. The SMILES string of the molecule is CCCNc1nccn1C(C)c1cccnc1. The van der Waals surface area contributed by atoms with Gasteiger partial charge in [0.05, 0.1) is 6.04 Å². The number of anilines is 1. The van der Waals surface area contributed by atoms with E-state index in [9.17, 15) is 0 Å². The Hall–Kier alpha value is -1.84. The highest BCUT2D eigenvalue weighted by Gasteiger charge is 2.11. The lowest BCUT2D eigenvalue weighted by Crippen LogP contribution is -2.12. The van der Waals surface area contributed by atoms with Crippen LogP contribution in [0.15, 0.2) is 36.9 Å². The molecule has 0 aromatic carbocycles. The smallest absolute Gasteiger partial charge is 0.203 e. The van der Waals surface area contributed by atoms with Crippen molar-refractivity contribution in [3.63, 3.8) is 0 Å². The number of imidazole rings is 1. The molecule has 0 aliphatic heterocycles. The third-order valence-corrected chi connectivity index (χ3v) is 2.79. The van der Waals surface area contributed by atoms with Crippen molar-refractivity contribution >= 4 is 5.95 Å². The van der Waals surface area contributed by atoms with E-state index in [0.717, 1.165) is 18.9 Å². The summed E-state index contributed by atoms with van der Waals surface area (Å²) in [4.78, 5) is 8.49. The van der Waals surface area contributed by atoms with Gasteiger partial charge in [0.25, 0.3) is 0 Å². The van der Waals surface area contributed by atoms with E-state index in [0.29, 0.717) is 0 Å². The van der Waals surface area contributed by atoms with E-state index in [-0.39, 0.29) is 6.04 Å². The summed E-state index contributed by atoms with van der Waals surface area (Å²) < 4.78 is 2.13. The Morgan fingerprint density at radius 3 is 3.00 bits per heavy atom. The van der Waals surface area contributed by atoms with Gasteiger partial charge in [0, 0.05) is 31.3 Å². The maximum atomic E-state index is 4.33. The Labute approximate surface area is 102 Å². The second-order valence-corrected chi connectivity index (χ2v) is 4.05. The first-order valence-corrected chi connectivity index (χ1v) is 5.99. The highest BCUT2D eigenvalue weighted by molar-refractivity contribution is 5.29. The summed E-state index contributed by atoms with van der Waals surface area (Å²) in [5, 5.41) is 3.33. The molecule has 0 aliphatic rings. The predicted molar refractivity (Wildman–Crippen MR) is 69.1 cm³/mol. The summed E-state index contributed by atoms with van der Waals surface area (Å²) in [5.74, 6) is 0.920. The molecule has 0 saturated heterocycles. The van der Waals surface area contributed by atoms with Gasteiger partial charge in [0.2, 0.25) is 5.95 Å². The van der Waals surface area contributed by atoms with Crippen molar-refractivity contribution in [3.8, 4) is 0 Å². The van der Waals surface area contributed by atoms with Gasteiger partial charge in [-0.25, -0.2) is 4.98 Å². The van der Waals surface area contributed by atoms with Gasteiger partial charge in [-0.2, -0.15) is 0 Å². The Morgan fingerprint density at radius 1 is 1.41 bits per heavy atom. The van der Waals surface area contributed by atoms with E-state index in [1.807, 2.05) is 24.7 Å². The van der Waals surface area contributed by atoms with E-state index < -0.39 is 0 Å². The monoisotopic (exact) mass is 230 g/mol. The molecule has 0 fully saturated rings. The molecule has 0 amide bonds. The zero-order valence-electron chi connectivity index (χ0n) is 10.3. The lowest BCUT2D eigenvalue weighted by Gasteiger charge is -2.16. The highest BCUT2D eigenvalue weighted by atomic mass is 15.2. The van der Waals surface area contributed by atoms with Crippen LogP contribution in [0, 0.1) is 0 Å². The lowest BCUT2D eigenvalue weighted by molar-refractivity contribution is 0.640. The van der Waals surface area contributed by atoms with Crippen LogP contribution >= 0.6 is 0 Å². The number of nitrogens with one attached hydrogen (secondary N) is 1. The fourth-order valence-electron chi connectivity index (χ4n) is 1.78. The van der Waals surface area contributed by atoms with Crippen LogP contribution in [0.5, 0.6) is 0 Å². The molecule has 0 saturated carbocycles. The van der Waals surface area contributed by atoms with Crippen LogP contribution in [-0.2, 0) is 0 Å². The maximum Gasteiger partial charge on any atom is 0.203 e. The van der Waals surface area contributed by atoms with Crippen molar-refractivity contribution in [2.24, 2.45) is 0 Å². The van der Waals surface area contributed by atoms with Crippen molar-refractivity contribution in [2.75, 3.05) is 11.9 Å². The Balaban J connectivity index is 2.19. The maximum absolute atomic E-state index is 4.33. The van der Waals surface area contributed by atoms with Gasteiger partial charge in [0.15, 0.2) is 0 Å². The minimum absolute atomic E-state index is 0.241. The Bertz CT molecular complexity index is 449. The predicted octanol–water partition coefficient (Wildman–Crippen LogP) is 2.71. The molecular weight excluding hydrogens is 212 g/mol. The van der Waals surface area contributed by atoms with E-state index in [1.165, 1.54) is 5.56 Å². The number of nitrogens with zero attached hydrogens (tertiary/aromatic N) is 3. The van der Waals surface area contributed by atoms with Crippen LogP contribution in [0.2, 0.25) is 0 Å². The molecular formula is C13H18N4. The molecule has 4 heteroatoms. The Kier molecular flexibility index (Phi) is 3.75. The summed E-state index contributed by atoms with van der Waals surface area (Å²) in [6.45, 7) is 5.23. The largest absolute Gasteiger partial charge is 0.356 e. The molecule has 0 radical (unpaired) electrons. The van der Waals surface area contributed by atoms with Gasteiger partial charge < -0.3 is 9.88 Å². The number of aromatic nitrogens is 3. The van der Waals surface area contributed by atoms with Gasteiger partial charge in [0.1, 0.15) is 0 Å². The number of hydrogen-bond acceptors (Lipinski definition) is 3. The number of pyridine rings is 1. The van der Waals surface area contributed by atoms with Crippen molar-refractivity contribution < 1.29 is 0 Å². The van der Waals surface area contributed by atoms with E-state index in [4.69, 9.17) is 0 Å². The van der Waals surface area contributed by atoms with Crippen LogP contribution in [0.4, 0.5) is 5.95 Å². The summed E-state index contributed by atoms with van der Waals surface area (Å²) in [6.07, 6.45) is 8.60. The minimum atomic E-state index is 0.241. The molecule has 0 aliphatic carbocycles. The van der Waals surface area contributed by atoms with Gasteiger partial charge in [-0.15, -0.1) is 0 Å². The first-order valence-electron chi connectivity index (χ1n) is 5.99. The molecule has 0 spiro atoms. The highest BCUT2D eigenvalue weighted by Crippen LogP contribution is 2.20. The molecule has 0 bridgehead atoms. The summed E-state index contributed by atoms with van der Waals surface area (Å²) in [5.41, 5.74) is 1.19. The summed E-state index contributed by atoms with van der Waals surface area (Å²) >= 11 is 0. The van der Waals surface area contributed by atoms with E-state index in [2.05, 4.69) is 39.8 Å². The Morgan fingerprint density at radius 2 is 2.29 bits per heavy atom. The zero-order valence-corrected chi connectivity index (χ0v) is 10.3. The molecule has 2 aromatic rings. The zero-order chi connectivity index (χ0) is 12.1. The average Bonchev–Trinajstić information content (AvgIpc) is 2.84. The normalized spacial score (nSPS) is 12.4. The van der Waals surface area contributed by atoms with Crippen LogP contribution in [-0.4, -0.2) is 21.1 Å². The summed E-state index contributed by atoms with van der Waals surface area (Å²) in [7, 11) is 0.